The highest BCUT2D eigenvalue weighted by Gasteiger charge is 2.33. The zero-order valence-electron chi connectivity index (χ0n) is 10.5. The molecule has 1 atom stereocenters. The molecule has 0 spiro atoms. The van der Waals surface area contributed by atoms with Gasteiger partial charge in [-0.25, -0.2) is 0 Å². The normalized spacial score (nSPS) is 26.3. The zero-order valence-corrected chi connectivity index (χ0v) is 10.5. The first-order chi connectivity index (χ1) is 8.24. The molecule has 0 aromatic carbocycles. The maximum atomic E-state index is 11.8. The Morgan fingerprint density at radius 2 is 2.18 bits per heavy atom. The average molecular weight is 237 g/mol. The molecule has 2 aliphatic rings. The van der Waals surface area contributed by atoms with Crippen molar-refractivity contribution in [3.05, 3.63) is 12.2 Å². The number of allylic oxidation sites excluding steroid dienone is 2. The Morgan fingerprint density at radius 1 is 1.41 bits per heavy atom. The summed E-state index contributed by atoms with van der Waals surface area (Å²) < 4.78 is 0. The highest BCUT2D eigenvalue weighted by Crippen LogP contribution is 2.36. The van der Waals surface area contributed by atoms with E-state index in [1.165, 1.54) is 12.8 Å². The molecule has 0 aliphatic heterocycles. The molecule has 1 fully saturated rings. The third-order valence-electron chi connectivity index (χ3n) is 4.22. The summed E-state index contributed by atoms with van der Waals surface area (Å²) in [5.41, 5.74) is -0.0266. The molecule has 2 rings (SSSR count). The second-order valence-electron chi connectivity index (χ2n) is 5.61. The monoisotopic (exact) mass is 237 g/mol. The molecule has 1 amide bonds. The van der Waals surface area contributed by atoms with Gasteiger partial charge < -0.3 is 10.4 Å². The first-order valence-electron chi connectivity index (χ1n) is 6.78. The van der Waals surface area contributed by atoms with Gasteiger partial charge in [0, 0.05) is 18.4 Å². The Morgan fingerprint density at radius 3 is 2.76 bits per heavy atom. The summed E-state index contributed by atoms with van der Waals surface area (Å²) in [6, 6.07) is 0. The van der Waals surface area contributed by atoms with Crippen LogP contribution < -0.4 is 5.32 Å². The summed E-state index contributed by atoms with van der Waals surface area (Å²) in [5, 5.41) is 12.5. The Hall–Kier alpha value is -0.830. The molecule has 0 aromatic rings. The fraction of sp³-hybridized carbons (Fsp3) is 0.786. The lowest BCUT2D eigenvalue weighted by Gasteiger charge is -2.26. The Bertz CT molecular complexity index is 293. The van der Waals surface area contributed by atoms with E-state index in [0.717, 1.165) is 25.7 Å². The van der Waals surface area contributed by atoms with E-state index >= 15 is 0 Å². The molecule has 3 nitrogen and oxygen atoms in total. The molecule has 0 aromatic heterocycles. The van der Waals surface area contributed by atoms with Crippen molar-refractivity contribution in [3.8, 4) is 0 Å². The third-order valence-corrected chi connectivity index (χ3v) is 4.22. The molecule has 2 N–H and O–H groups in total. The summed E-state index contributed by atoms with van der Waals surface area (Å²) in [5.74, 6) is 0.574. The van der Waals surface area contributed by atoms with Crippen molar-refractivity contribution in [2.75, 3.05) is 13.2 Å². The Labute approximate surface area is 103 Å². The molecular formula is C14H23NO2. The van der Waals surface area contributed by atoms with Gasteiger partial charge in [0.25, 0.3) is 0 Å². The predicted molar refractivity (Wildman–Crippen MR) is 67.5 cm³/mol. The second-order valence-corrected chi connectivity index (χ2v) is 5.61. The number of hydrogen-bond acceptors (Lipinski definition) is 2. The van der Waals surface area contributed by atoms with Crippen LogP contribution in [0.25, 0.3) is 0 Å². The summed E-state index contributed by atoms with van der Waals surface area (Å²) in [6.45, 7) is 0.857. The lowest BCUT2D eigenvalue weighted by atomic mass is 9.87. The van der Waals surface area contributed by atoms with E-state index in [9.17, 15) is 9.90 Å². The van der Waals surface area contributed by atoms with Gasteiger partial charge in [-0.05, 0) is 31.6 Å². The number of hydrogen-bond donors (Lipinski definition) is 2. The molecule has 0 heterocycles. The SMILES string of the molecule is O=C(C[C@@H]1C=CCC1)NCC1(CO)CCCC1. The van der Waals surface area contributed by atoms with E-state index in [4.69, 9.17) is 0 Å². The molecule has 1 saturated carbocycles. The van der Waals surface area contributed by atoms with Crippen LogP contribution in [-0.4, -0.2) is 24.2 Å². The fourth-order valence-corrected chi connectivity index (χ4v) is 2.98. The van der Waals surface area contributed by atoms with Gasteiger partial charge >= 0.3 is 0 Å². The van der Waals surface area contributed by atoms with Crippen LogP contribution in [0.15, 0.2) is 12.2 Å². The van der Waals surface area contributed by atoms with Crippen molar-refractivity contribution >= 4 is 5.91 Å². The molecule has 0 bridgehead atoms. The number of aliphatic hydroxyl groups excluding tert-OH is 1. The first kappa shape index (κ1) is 12.6. The quantitative estimate of drug-likeness (QED) is 0.719. The number of carbonyl (C=O) groups is 1. The Kier molecular flexibility index (Phi) is 4.21. The van der Waals surface area contributed by atoms with Crippen molar-refractivity contribution in [3.63, 3.8) is 0 Å². The molecule has 0 radical (unpaired) electrons. The topological polar surface area (TPSA) is 49.3 Å². The first-order valence-corrected chi connectivity index (χ1v) is 6.78. The molecule has 3 heteroatoms. The molecule has 0 saturated heterocycles. The number of nitrogens with one attached hydrogen (secondary N) is 1. The van der Waals surface area contributed by atoms with E-state index < -0.39 is 0 Å². The number of carbonyl (C=O) groups excluding carboxylic acids is 1. The van der Waals surface area contributed by atoms with Crippen LogP contribution >= 0.6 is 0 Å². The van der Waals surface area contributed by atoms with Gasteiger partial charge in [-0.3, -0.25) is 4.79 Å². The summed E-state index contributed by atoms with van der Waals surface area (Å²) >= 11 is 0. The molecule has 17 heavy (non-hydrogen) atoms. The van der Waals surface area contributed by atoms with Crippen LogP contribution in [0.4, 0.5) is 0 Å². The minimum atomic E-state index is -0.0266. The van der Waals surface area contributed by atoms with Crippen molar-refractivity contribution in [2.24, 2.45) is 11.3 Å². The fourth-order valence-electron chi connectivity index (χ4n) is 2.98. The summed E-state index contributed by atoms with van der Waals surface area (Å²) in [6.07, 6.45) is 11.6. The van der Waals surface area contributed by atoms with E-state index in [1.54, 1.807) is 0 Å². The molecule has 96 valence electrons. The van der Waals surface area contributed by atoms with Crippen molar-refractivity contribution in [1.82, 2.24) is 5.32 Å². The van der Waals surface area contributed by atoms with Crippen LogP contribution in [-0.2, 0) is 4.79 Å². The van der Waals surface area contributed by atoms with Gasteiger partial charge in [0.15, 0.2) is 0 Å². The Balaban J connectivity index is 1.73. The predicted octanol–water partition coefficient (Wildman–Crippen LogP) is 2.01. The van der Waals surface area contributed by atoms with Crippen LogP contribution in [0.1, 0.15) is 44.9 Å². The smallest absolute Gasteiger partial charge is 0.220 e. The molecule has 2 aliphatic carbocycles. The largest absolute Gasteiger partial charge is 0.396 e. The maximum Gasteiger partial charge on any atom is 0.220 e. The van der Waals surface area contributed by atoms with Crippen LogP contribution in [0.5, 0.6) is 0 Å². The number of aliphatic hydroxyl groups is 1. The maximum absolute atomic E-state index is 11.8. The van der Waals surface area contributed by atoms with E-state index in [2.05, 4.69) is 17.5 Å². The number of amides is 1. The van der Waals surface area contributed by atoms with Crippen LogP contribution in [0.2, 0.25) is 0 Å². The molecular weight excluding hydrogens is 214 g/mol. The van der Waals surface area contributed by atoms with Crippen molar-refractivity contribution in [2.45, 2.75) is 44.9 Å². The summed E-state index contributed by atoms with van der Waals surface area (Å²) in [7, 11) is 0. The highest BCUT2D eigenvalue weighted by atomic mass is 16.3. The lowest BCUT2D eigenvalue weighted by Crippen LogP contribution is -2.38. The van der Waals surface area contributed by atoms with Crippen LogP contribution in [0.3, 0.4) is 0 Å². The van der Waals surface area contributed by atoms with Gasteiger partial charge in [-0.1, -0.05) is 25.0 Å². The van der Waals surface area contributed by atoms with Gasteiger partial charge in [-0.15, -0.1) is 0 Å². The van der Waals surface area contributed by atoms with E-state index in [-0.39, 0.29) is 17.9 Å². The van der Waals surface area contributed by atoms with E-state index in [0.29, 0.717) is 18.9 Å². The second kappa shape index (κ2) is 5.67. The van der Waals surface area contributed by atoms with Gasteiger partial charge in [-0.2, -0.15) is 0 Å². The zero-order chi connectivity index (χ0) is 12.1. The highest BCUT2D eigenvalue weighted by molar-refractivity contribution is 5.76. The summed E-state index contributed by atoms with van der Waals surface area (Å²) in [4.78, 5) is 11.8. The standard InChI is InChI=1S/C14H23NO2/c16-11-14(7-3-4-8-14)10-15-13(17)9-12-5-1-2-6-12/h1,5,12,16H,2-4,6-11H2,(H,15,17)/t12-/m1/s1. The third kappa shape index (κ3) is 3.32. The van der Waals surface area contributed by atoms with Gasteiger partial charge in [0.2, 0.25) is 5.91 Å². The minimum Gasteiger partial charge on any atom is -0.396 e. The lowest BCUT2D eigenvalue weighted by molar-refractivity contribution is -0.122. The average Bonchev–Trinajstić information content (AvgIpc) is 2.98. The van der Waals surface area contributed by atoms with Gasteiger partial charge in [0.1, 0.15) is 0 Å². The van der Waals surface area contributed by atoms with Crippen LogP contribution in [0, 0.1) is 11.3 Å². The van der Waals surface area contributed by atoms with E-state index in [1.807, 2.05) is 0 Å². The van der Waals surface area contributed by atoms with Crippen molar-refractivity contribution in [1.29, 1.82) is 0 Å². The number of rotatable bonds is 5. The van der Waals surface area contributed by atoms with Crippen molar-refractivity contribution < 1.29 is 9.90 Å². The van der Waals surface area contributed by atoms with Gasteiger partial charge in [0.05, 0.1) is 6.61 Å². The molecule has 0 unspecified atom stereocenters. The minimum absolute atomic E-state index is 0.0266.